The number of sulfone groups is 1. The number of carbonyl (C=O) groups is 1. The van der Waals surface area contributed by atoms with Gasteiger partial charge in [0.15, 0.2) is 0 Å². The third kappa shape index (κ3) is 4.46. The molecule has 94 valence electrons. The van der Waals surface area contributed by atoms with Gasteiger partial charge in [0.1, 0.15) is 15.9 Å². The number of nitrogens with zero attached hydrogens (tertiary/aromatic N) is 1. The predicted octanol–water partition coefficient (Wildman–Crippen LogP) is -0.793. The molecular weight excluding hydrogens is 234 g/mol. The Labute approximate surface area is 95.1 Å². The van der Waals surface area contributed by atoms with Crippen molar-refractivity contribution in [3.63, 3.8) is 0 Å². The van der Waals surface area contributed by atoms with Crippen molar-refractivity contribution < 1.29 is 23.1 Å². The first-order chi connectivity index (χ1) is 7.40. The first-order valence-electron chi connectivity index (χ1n) is 5.12. The fourth-order valence-corrected chi connectivity index (χ4v) is 2.32. The summed E-state index contributed by atoms with van der Waals surface area (Å²) in [6.45, 7) is 1.70. The molecule has 0 saturated carbocycles. The van der Waals surface area contributed by atoms with Crippen LogP contribution in [0.15, 0.2) is 0 Å². The molecular formula is C9H17NO5S. The van der Waals surface area contributed by atoms with Gasteiger partial charge in [-0.1, -0.05) is 0 Å². The molecule has 0 aromatic heterocycles. The van der Waals surface area contributed by atoms with Crippen LogP contribution in [0.5, 0.6) is 0 Å². The smallest absolute Gasteiger partial charge is 0.323 e. The van der Waals surface area contributed by atoms with E-state index in [2.05, 4.69) is 0 Å². The normalized spacial score (nSPS) is 23.2. The molecule has 0 aromatic rings. The lowest BCUT2D eigenvalue weighted by molar-refractivity contribution is -0.149. The summed E-state index contributed by atoms with van der Waals surface area (Å²) < 4.78 is 26.9. The van der Waals surface area contributed by atoms with E-state index >= 15 is 0 Å². The summed E-state index contributed by atoms with van der Waals surface area (Å²) in [5.41, 5.74) is 0. The largest absolute Gasteiger partial charge is 0.480 e. The average Bonchev–Trinajstić information content (AvgIpc) is 2.16. The van der Waals surface area contributed by atoms with Crippen LogP contribution in [0.3, 0.4) is 0 Å². The minimum Gasteiger partial charge on any atom is -0.480 e. The van der Waals surface area contributed by atoms with Gasteiger partial charge in [-0.2, -0.15) is 0 Å². The minimum atomic E-state index is -2.97. The molecule has 1 unspecified atom stereocenters. The molecule has 1 fully saturated rings. The Morgan fingerprint density at radius 3 is 2.81 bits per heavy atom. The van der Waals surface area contributed by atoms with Crippen molar-refractivity contribution in [1.29, 1.82) is 0 Å². The van der Waals surface area contributed by atoms with Crippen LogP contribution in [0.2, 0.25) is 0 Å². The van der Waals surface area contributed by atoms with Crippen LogP contribution >= 0.6 is 0 Å². The molecule has 1 aliphatic heterocycles. The molecule has 0 bridgehead atoms. The lowest BCUT2D eigenvalue weighted by atomic mass is 10.2. The molecule has 16 heavy (non-hydrogen) atoms. The number of aliphatic carboxylic acids is 1. The maximum atomic E-state index is 10.9. The van der Waals surface area contributed by atoms with E-state index in [0.717, 1.165) is 0 Å². The van der Waals surface area contributed by atoms with Gasteiger partial charge in [-0.3, -0.25) is 9.69 Å². The molecule has 7 heteroatoms. The second-order valence-corrected chi connectivity index (χ2v) is 6.21. The molecule has 0 amide bonds. The van der Waals surface area contributed by atoms with Crippen LogP contribution in [-0.4, -0.2) is 68.7 Å². The second-order valence-electron chi connectivity index (χ2n) is 3.95. The molecule has 1 N–H and O–H groups in total. The van der Waals surface area contributed by atoms with E-state index in [9.17, 15) is 13.2 Å². The molecule has 0 aliphatic carbocycles. The molecule has 1 saturated heterocycles. The number of morpholine rings is 1. The summed E-state index contributed by atoms with van der Waals surface area (Å²) in [7, 11) is -2.97. The Bertz CT molecular complexity index is 340. The summed E-state index contributed by atoms with van der Waals surface area (Å²) >= 11 is 0. The van der Waals surface area contributed by atoms with Crippen LogP contribution in [0.25, 0.3) is 0 Å². The molecule has 6 nitrogen and oxygen atoms in total. The zero-order valence-corrected chi connectivity index (χ0v) is 10.1. The van der Waals surface area contributed by atoms with Crippen molar-refractivity contribution in [1.82, 2.24) is 4.90 Å². The Balaban J connectivity index is 2.41. The van der Waals surface area contributed by atoms with E-state index in [1.54, 1.807) is 4.90 Å². The maximum Gasteiger partial charge on any atom is 0.323 e. The predicted molar refractivity (Wildman–Crippen MR) is 58.1 cm³/mol. The van der Waals surface area contributed by atoms with Gasteiger partial charge < -0.3 is 9.84 Å². The Kier molecular flexibility index (Phi) is 4.69. The molecule has 1 heterocycles. The van der Waals surface area contributed by atoms with Gasteiger partial charge in [0.25, 0.3) is 0 Å². The van der Waals surface area contributed by atoms with Crippen molar-refractivity contribution in [2.24, 2.45) is 0 Å². The quantitative estimate of drug-likeness (QED) is 0.689. The molecule has 1 aliphatic rings. The number of carboxylic acids is 1. The van der Waals surface area contributed by atoms with Crippen molar-refractivity contribution in [2.45, 2.75) is 12.5 Å². The van der Waals surface area contributed by atoms with Gasteiger partial charge in [0.2, 0.25) is 0 Å². The van der Waals surface area contributed by atoms with E-state index in [1.807, 2.05) is 0 Å². The van der Waals surface area contributed by atoms with Gasteiger partial charge >= 0.3 is 5.97 Å². The lowest BCUT2D eigenvalue weighted by Crippen LogP contribution is -2.50. The zero-order valence-electron chi connectivity index (χ0n) is 9.26. The molecule has 1 atom stereocenters. The highest BCUT2D eigenvalue weighted by Gasteiger charge is 2.28. The number of hydrogen-bond acceptors (Lipinski definition) is 5. The highest BCUT2D eigenvalue weighted by molar-refractivity contribution is 7.90. The summed E-state index contributed by atoms with van der Waals surface area (Å²) in [6.07, 6.45) is 1.64. The van der Waals surface area contributed by atoms with Crippen LogP contribution in [0, 0.1) is 0 Å². The van der Waals surface area contributed by atoms with E-state index in [0.29, 0.717) is 26.1 Å². The summed E-state index contributed by atoms with van der Waals surface area (Å²) in [5, 5.41) is 8.93. The maximum absolute atomic E-state index is 10.9. The Morgan fingerprint density at radius 2 is 2.25 bits per heavy atom. The van der Waals surface area contributed by atoms with E-state index in [4.69, 9.17) is 9.84 Å². The van der Waals surface area contributed by atoms with Crippen molar-refractivity contribution >= 4 is 15.8 Å². The van der Waals surface area contributed by atoms with Crippen LogP contribution in [0.1, 0.15) is 6.42 Å². The second kappa shape index (κ2) is 5.60. The van der Waals surface area contributed by atoms with Gasteiger partial charge in [-0.05, 0) is 6.42 Å². The molecule has 1 rings (SSSR count). The van der Waals surface area contributed by atoms with Gasteiger partial charge in [0.05, 0.1) is 19.0 Å². The van der Waals surface area contributed by atoms with Crippen LogP contribution in [0.4, 0.5) is 0 Å². The SMILES string of the molecule is CS(=O)(=O)CCCN1CCOCC1C(=O)O. The fourth-order valence-electron chi connectivity index (χ4n) is 1.66. The van der Waals surface area contributed by atoms with Gasteiger partial charge in [-0.25, -0.2) is 8.42 Å². The van der Waals surface area contributed by atoms with Crippen molar-refractivity contribution in [3.05, 3.63) is 0 Å². The lowest BCUT2D eigenvalue weighted by Gasteiger charge is -2.32. The highest BCUT2D eigenvalue weighted by atomic mass is 32.2. The van der Waals surface area contributed by atoms with Crippen LogP contribution < -0.4 is 0 Å². The average molecular weight is 251 g/mol. The van der Waals surface area contributed by atoms with E-state index in [1.165, 1.54) is 6.26 Å². The van der Waals surface area contributed by atoms with E-state index in [-0.39, 0.29) is 12.4 Å². The van der Waals surface area contributed by atoms with Crippen molar-refractivity contribution in [3.8, 4) is 0 Å². The van der Waals surface area contributed by atoms with Gasteiger partial charge in [-0.15, -0.1) is 0 Å². The third-order valence-corrected chi connectivity index (χ3v) is 3.52. The molecule has 0 spiro atoms. The number of hydrogen-bond donors (Lipinski definition) is 1. The Hall–Kier alpha value is -0.660. The first-order valence-corrected chi connectivity index (χ1v) is 7.18. The summed E-state index contributed by atoms with van der Waals surface area (Å²) in [5.74, 6) is -0.824. The fraction of sp³-hybridized carbons (Fsp3) is 0.889. The van der Waals surface area contributed by atoms with Crippen molar-refractivity contribution in [2.75, 3.05) is 38.3 Å². The van der Waals surface area contributed by atoms with Crippen LogP contribution in [-0.2, 0) is 19.4 Å². The Morgan fingerprint density at radius 1 is 1.56 bits per heavy atom. The van der Waals surface area contributed by atoms with Gasteiger partial charge in [0, 0.05) is 19.3 Å². The molecule has 0 radical (unpaired) electrons. The first kappa shape index (κ1) is 13.4. The zero-order chi connectivity index (χ0) is 12.2. The summed E-state index contributed by atoms with van der Waals surface area (Å²) in [6, 6.07) is -0.645. The third-order valence-electron chi connectivity index (χ3n) is 2.48. The number of rotatable bonds is 5. The number of ether oxygens (including phenoxy) is 1. The topological polar surface area (TPSA) is 83.9 Å². The highest BCUT2D eigenvalue weighted by Crippen LogP contribution is 2.08. The van der Waals surface area contributed by atoms with E-state index < -0.39 is 21.8 Å². The molecule has 0 aromatic carbocycles. The standard InChI is InChI=1S/C9H17NO5S/c1-16(13,14)6-2-3-10-4-5-15-7-8(10)9(11)12/h8H,2-7H2,1H3,(H,11,12). The summed E-state index contributed by atoms with van der Waals surface area (Å²) in [4.78, 5) is 12.6. The minimum absolute atomic E-state index is 0.0939. The monoisotopic (exact) mass is 251 g/mol. The number of carboxylic acid groups (broad SMARTS) is 1.